The molecule has 0 aliphatic heterocycles. The second-order valence-electron chi connectivity index (χ2n) is 4.36. The molecule has 0 saturated heterocycles. The first-order valence-corrected chi connectivity index (χ1v) is 8.15. The summed E-state index contributed by atoms with van der Waals surface area (Å²) in [6.07, 6.45) is 2.61. The van der Waals surface area contributed by atoms with Gasteiger partial charge in [-0.1, -0.05) is 12.1 Å². The number of hydrogen-bond acceptors (Lipinski definition) is 2. The van der Waals surface area contributed by atoms with Crippen LogP contribution in [0.1, 0.15) is 24.5 Å². The van der Waals surface area contributed by atoms with Crippen molar-refractivity contribution in [2.24, 2.45) is 0 Å². The van der Waals surface area contributed by atoms with Crippen molar-refractivity contribution in [3.63, 3.8) is 0 Å². The Morgan fingerprint density at radius 2 is 2.17 bits per heavy atom. The van der Waals surface area contributed by atoms with Gasteiger partial charge in [0.15, 0.2) is 0 Å². The molecule has 5 heteroatoms. The summed E-state index contributed by atoms with van der Waals surface area (Å²) in [5.74, 6) is 1.60. The van der Waals surface area contributed by atoms with Gasteiger partial charge in [0.05, 0.1) is 16.4 Å². The molecule has 1 heterocycles. The molecule has 1 aromatic heterocycles. The van der Waals surface area contributed by atoms with E-state index < -0.39 is 10.8 Å². The van der Waals surface area contributed by atoms with Gasteiger partial charge in [0.1, 0.15) is 5.82 Å². The van der Waals surface area contributed by atoms with Crippen molar-refractivity contribution in [3.05, 3.63) is 30.1 Å². The molecule has 2 atom stereocenters. The summed E-state index contributed by atoms with van der Waals surface area (Å²) in [5, 5.41) is -0.121. The number of halogens is 1. The van der Waals surface area contributed by atoms with E-state index in [1.807, 2.05) is 31.2 Å². The molecule has 2 aromatic rings. The molecule has 0 saturated carbocycles. The molecule has 0 aliphatic rings. The molecule has 0 spiro atoms. The monoisotopic (exact) mass is 284 g/mol. The van der Waals surface area contributed by atoms with Gasteiger partial charge < -0.3 is 4.57 Å². The Morgan fingerprint density at radius 3 is 2.83 bits per heavy atom. The van der Waals surface area contributed by atoms with Crippen LogP contribution in [0.15, 0.2) is 24.3 Å². The van der Waals surface area contributed by atoms with Crippen LogP contribution in [0.3, 0.4) is 0 Å². The van der Waals surface area contributed by atoms with Crippen molar-refractivity contribution >= 4 is 33.4 Å². The number of aryl methyl sites for hydroxylation is 1. The largest absolute Gasteiger partial charge is 0.327 e. The standard InChI is InChI=1S/C13H17ClN2OS/c1-10(14)13-15-11-6-3-4-7-12(11)16(13)8-5-9-18(2)17/h3-4,6-7,10H,5,8-9H2,1-2H3. The van der Waals surface area contributed by atoms with E-state index in [9.17, 15) is 4.21 Å². The first-order chi connectivity index (χ1) is 8.59. The topological polar surface area (TPSA) is 34.9 Å². The number of imidazole rings is 1. The molecule has 1 aromatic carbocycles. The Hall–Kier alpha value is -0.870. The number of benzene rings is 1. The van der Waals surface area contributed by atoms with Crippen molar-refractivity contribution in [3.8, 4) is 0 Å². The molecule has 0 bridgehead atoms. The zero-order chi connectivity index (χ0) is 13.1. The van der Waals surface area contributed by atoms with E-state index >= 15 is 0 Å². The Morgan fingerprint density at radius 1 is 1.44 bits per heavy atom. The second kappa shape index (κ2) is 5.85. The smallest absolute Gasteiger partial charge is 0.127 e. The van der Waals surface area contributed by atoms with Crippen LogP contribution in [-0.2, 0) is 17.3 Å². The second-order valence-corrected chi connectivity index (χ2v) is 6.57. The van der Waals surface area contributed by atoms with E-state index in [4.69, 9.17) is 11.6 Å². The van der Waals surface area contributed by atoms with E-state index in [1.165, 1.54) is 0 Å². The summed E-state index contributed by atoms with van der Waals surface area (Å²) in [4.78, 5) is 4.57. The number of nitrogens with zero attached hydrogens (tertiary/aromatic N) is 2. The van der Waals surface area contributed by atoms with E-state index in [1.54, 1.807) is 6.26 Å². The van der Waals surface area contributed by atoms with Crippen LogP contribution in [0.25, 0.3) is 11.0 Å². The third-order valence-corrected chi connectivity index (χ3v) is 3.91. The molecule has 0 radical (unpaired) electrons. The number of hydrogen-bond donors (Lipinski definition) is 0. The minimum absolute atomic E-state index is 0.121. The molecule has 0 fully saturated rings. The van der Waals surface area contributed by atoms with Crippen LogP contribution in [-0.4, -0.2) is 25.8 Å². The molecular weight excluding hydrogens is 268 g/mol. The van der Waals surface area contributed by atoms with E-state index in [0.717, 1.165) is 29.8 Å². The van der Waals surface area contributed by atoms with Gasteiger partial charge in [-0.05, 0) is 25.5 Å². The normalized spacial score (nSPS) is 14.8. The lowest BCUT2D eigenvalue weighted by molar-refractivity contribution is 0.646. The Bertz CT molecular complexity index is 565. The van der Waals surface area contributed by atoms with Crippen molar-refractivity contribution in [1.29, 1.82) is 0 Å². The SMILES string of the molecule is CC(Cl)c1nc2ccccc2n1CCCS(C)=O. The summed E-state index contributed by atoms with van der Waals surface area (Å²) in [5.41, 5.74) is 2.07. The van der Waals surface area contributed by atoms with Gasteiger partial charge >= 0.3 is 0 Å². The first-order valence-electron chi connectivity index (χ1n) is 5.99. The lowest BCUT2D eigenvalue weighted by Gasteiger charge is -2.09. The average Bonchev–Trinajstić information content (AvgIpc) is 2.68. The van der Waals surface area contributed by atoms with Gasteiger partial charge in [0.25, 0.3) is 0 Å². The zero-order valence-electron chi connectivity index (χ0n) is 10.6. The van der Waals surface area contributed by atoms with Crippen LogP contribution in [0.5, 0.6) is 0 Å². The van der Waals surface area contributed by atoms with Crippen molar-refractivity contribution in [2.75, 3.05) is 12.0 Å². The highest BCUT2D eigenvalue weighted by molar-refractivity contribution is 7.84. The summed E-state index contributed by atoms with van der Waals surface area (Å²) < 4.78 is 13.3. The lowest BCUT2D eigenvalue weighted by Crippen LogP contribution is -2.07. The molecule has 98 valence electrons. The Labute approximate surface area is 115 Å². The van der Waals surface area contributed by atoms with E-state index in [2.05, 4.69) is 9.55 Å². The highest BCUT2D eigenvalue weighted by Crippen LogP contribution is 2.24. The van der Waals surface area contributed by atoms with E-state index in [0.29, 0.717) is 5.75 Å². The van der Waals surface area contributed by atoms with Crippen molar-refractivity contribution < 1.29 is 4.21 Å². The molecule has 0 aliphatic carbocycles. The van der Waals surface area contributed by atoms with Gasteiger partial charge in [0.2, 0.25) is 0 Å². The minimum atomic E-state index is -0.745. The van der Waals surface area contributed by atoms with Crippen LogP contribution < -0.4 is 0 Å². The third-order valence-electron chi connectivity index (χ3n) is 2.85. The number of rotatable bonds is 5. The maximum atomic E-state index is 11.1. The van der Waals surface area contributed by atoms with Gasteiger partial charge in [0, 0.05) is 29.4 Å². The van der Waals surface area contributed by atoms with Crippen molar-refractivity contribution in [1.82, 2.24) is 9.55 Å². The molecule has 2 rings (SSSR count). The van der Waals surface area contributed by atoms with Crippen LogP contribution in [0, 0.1) is 0 Å². The fourth-order valence-electron chi connectivity index (χ4n) is 2.06. The Kier molecular flexibility index (Phi) is 4.40. The predicted octanol–water partition coefficient (Wildman–Crippen LogP) is 3.10. The van der Waals surface area contributed by atoms with Gasteiger partial charge in [-0.15, -0.1) is 11.6 Å². The van der Waals surface area contributed by atoms with Gasteiger partial charge in [-0.2, -0.15) is 0 Å². The van der Waals surface area contributed by atoms with Crippen molar-refractivity contribution in [2.45, 2.75) is 25.3 Å². The van der Waals surface area contributed by atoms with Crippen LogP contribution in [0.4, 0.5) is 0 Å². The maximum absolute atomic E-state index is 11.1. The van der Waals surface area contributed by atoms with Crippen LogP contribution >= 0.6 is 11.6 Å². The fraction of sp³-hybridized carbons (Fsp3) is 0.462. The number of alkyl halides is 1. The summed E-state index contributed by atoms with van der Waals surface area (Å²) in [6, 6.07) is 8.02. The summed E-state index contributed by atoms with van der Waals surface area (Å²) in [7, 11) is -0.745. The minimum Gasteiger partial charge on any atom is -0.327 e. The van der Waals surface area contributed by atoms with Crippen LogP contribution in [0.2, 0.25) is 0 Å². The summed E-state index contributed by atoms with van der Waals surface area (Å²) in [6.45, 7) is 2.74. The molecule has 18 heavy (non-hydrogen) atoms. The number of fused-ring (bicyclic) bond motifs is 1. The highest BCUT2D eigenvalue weighted by atomic mass is 35.5. The number of aromatic nitrogens is 2. The molecule has 2 unspecified atom stereocenters. The maximum Gasteiger partial charge on any atom is 0.127 e. The third kappa shape index (κ3) is 2.93. The highest BCUT2D eigenvalue weighted by Gasteiger charge is 2.14. The zero-order valence-corrected chi connectivity index (χ0v) is 12.2. The molecular formula is C13H17ClN2OS. The molecule has 0 amide bonds. The average molecular weight is 285 g/mol. The predicted molar refractivity (Wildman–Crippen MR) is 77.6 cm³/mol. The fourth-order valence-corrected chi connectivity index (χ4v) is 2.76. The molecule has 0 N–H and O–H groups in total. The molecule has 3 nitrogen and oxygen atoms in total. The Balaban J connectivity index is 2.33. The van der Waals surface area contributed by atoms with Gasteiger partial charge in [-0.3, -0.25) is 4.21 Å². The number of para-hydroxylation sites is 2. The van der Waals surface area contributed by atoms with E-state index in [-0.39, 0.29) is 5.38 Å². The first kappa shape index (κ1) is 13.6. The summed E-state index contributed by atoms with van der Waals surface area (Å²) >= 11 is 6.18. The lowest BCUT2D eigenvalue weighted by atomic mass is 10.3. The quantitative estimate of drug-likeness (QED) is 0.791. The van der Waals surface area contributed by atoms with Gasteiger partial charge in [-0.25, -0.2) is 4.98 Å².